The highest BCUT2D eigenvalue weighted by atomic mass is 16.4. The van der Waals surface area contributed by atoms with Gasteiger partial charge in [0.2, 0.25) is 5.91 Å². The first-order chi connectivity index (χ1) is 8.88. The van der Waals surface area contributed by atoms with Gasteiger partial charge in [0.1, 0.15) is 12.6 Å². The molecule has 108 valence electrons. The zero-order chi connectivity index (χ0) is 14.6. The summed E-state index contributed by atoms with van der Waals surface area (Å²) in [5.41, 5.74) is 0. The molecule has 1 fully saturated rings. The number of carboxylic acids is 1. The number of hydrogen-bond acceptors (Lipinski definition) is 3. The first-order valence-corrected chi connectivity index (χ1v) is 6.37. The van der Waals surface area contributed by atoms with E-state index in [1.54, 1.807) is 21.0 Å². The van der Waals surface area contributed by atoms with Gasteiger partial charge in [0.05, 0.1) is 0 Å². The molecule has 0 bridgehead atoms. The van der Waals surface area contributed by atoms with Gasteiger partial charge in [0.15, 0.2) is 0 Å². The van der Waals surface area contributed by atoms with Crippen LogP contribution in [-0.4, -0.2) is 77.5 Å². The van der Waals surface area contributed by atoms with Crippen LogP contribution in [0.2, 0.25) is 0 Å². The Kier molecular flexibility index (Phi) is 5.14. The molecule has 1 saturated heterocycles. The van der Waals surface area contributed by atoms with Crippen molar-refractivity contribution in [2.24, 2.45) is 0 Å². The van der Waals surface area contributed by atoms with E-state index in [9.17, 15) is 14.4 Å². The van der Waals surface area contributed by atoms with E-state index in [-0.39, 0.29) is 18.5 Å². The second kappa shape index (κ2) is 6.40. The smallest absolute Gasteiger partial charge is 0.326 e. The van der Waals surface area contributed by atoms with Crippen molar-refractivity contribution in [2.45, 2.75) is 25.8 Å². The van der Waals surface area contributed by atoms with Crippen molar-refractivity contribution >= 4 is 17.9 Å². The fourth-order valence-corrected chi connectivity index (χ4v) is 2.05. The maximum atomic E-state index is 12.3. The van der Waals surface area contributed by atoms with Gasteiger partial charge in [-0.15, -0.1) is 0 Å². The molecule has 1 aliphatic rings. The van der Waals surface area contributed by atoms with E-state index in [2.05, 4.69) is 0 Å². The predicted molar refractivity (Wildman–Crippen MR) is 68.7 cm³/mol. The Morgan fingerprint density at radius 2 is 1.95 bits per heavy atom. The molecule has 0 unspecified atom stereocenters. The van der Waals surface area contributed by atoms with Crippen molar-refractivity contribution in [2.75, 3.05) is 33.7 Å². The molecule has 1 aliphatic heterocycles. The van der Waals surface area contributed by atoms with Gasteiger partial charge in [-0.2, -0.15) is 0 Å². The third-order valence-corrected chi connectivity index (χ3v) is 3.26. The topological polar surface area (TPSA) is 81.2 Å². The van der Waals surface area contributed by atoms with Gasteiger partial charge in [0.25, 0.3) is 0 Å². The van der Waals surface area contributed by atoms with Crippen LogP contribution in [-0.2, 0) is 9.59 Å². The number of aliphatic carboxylic acids is 1. The quantitative estimate of drug-likeness (QED) is 0.784. The van der Waals surface area contributed by atoms with Crippen LogP contribution in [0.25, 0.3) is 0 Å². The van der Waals surface area contributed by atoms with Crippen LogP contribution in [0.5, 0.6) is 0 Å². The largest absolute Gasteiger partial charge is 0.480 e. The van der Waals surface area contributed by atoms with Gasteiger partial charge in [-0.3, -0.25) is 4.79 Å². The maximum Gasteiger partial charge on any atom is 0.326 e. The molecule has 7 heteroatoms. The summed E-state index contributed by atoms with van der Waals surface area (Å²) >= 11 is 0. The number of urea groups is 1. The van der Waals surface area contributed by atoms with Gasteiger partial charge in [-0.05, 0) is 19.8 Å². The highest BCUT2D eigenvalue weighted by Crippen LogP contribution is 2.19. The summed E-state index contributed by atoms with van der Waals surface area (Å²) in [5, 5.41) is 9.07. The Balaban J connectivity index is 2.73. The van der Waals surface area contributed by atoms with Crippen molar-refractivity contribution in [1.82, 2.24) is 14.7 Å². The van der Waals surface area contributed by atoms with E-state index in [1.807, 2.05) is 0 Å². The van der Waals surface area contributed by atoms with Crippen molar-refractivity contribution in [1.29, 1.82) is 0 Å². The minimum Gasteiger partial charge on any atom is -0.480 e. The Morgan fingerprint density at radius 1 is 1.32 bits per heavy atom. The lowest BCUT2D eigenvalue weighted by molar-refractivity contribution is -0.141. The summed E-state index contributed by atoms with van der Waals surface area (Å²) in [6, 6.07) is -1.14. The highest BCUT2D eigenvalue weighted by Gasteiger charge is 2.36. The monoisotopic (exact) mass is 271 g/mol. The van der Waals surface area contributed by atoms with E-state index in [0.717, 1.165) is 0 Å². The summed E-state index contributed by atoms with van der Waals surface area (Å²) < 4.78 is 0. The minimum absolute atomic E-state index is 0.0226. The first kappa shape index (κ1) is 15.3. The number of likely N-dealkylation sites (tertiary alicyclic amines) is 1. The molecule has 0 aromatic heterocycles. The molecular formula is C12H21N3O4. The van der Waals surface area contributed by atoms with Gasteiger partial charge in [-0.25, -0.2) is 9.59 Å². The van der Waals surface area contributed by atoms with Crippen LogP contribution < -0.4 is 0 Å². The molecule has 1 N–H and O–H groups in total. The molecule has 19 heavy (non-hydrogen) atoms. The fraction of sp³-hybridized carbons (Fsp3) is 0.750. The molecule has 0 aromatic carbocycles. The normalized spacial score (nSPS) is 18.3. The lowest BCUT2D eigenvalue weighted by atomic mass is 10.2. The third kappa shape index (κ3) is 3.59. The standard InChI is InChI=1S/C12H21N3O4/c1-4-14(8-10(16)13(2)3)12(19)15-7-5-6-9(15)11(17)18/h9H,4-8H2,1-3H3,(H,17,18)/t9-/m0/s1. The Morgan fingerprint density at radius 3 is 2.42 bits per heavy atom. The molecule has 0 aromatic rings. The second-order valence-corrected chi connectivity index (χ2v) is 4.77. The number of carboxylic acid groups (broad SMARTS) is 1. The molecule has 1 rings (SSSR count). The van der Waals surface area contributed by atoms with Crippen LogP contribution >= 0.6 is 0 Å². The summed E-state index contributed by atoms with van der Waals surface area (Å²) in [6.07, 6.45) is 1.15. The summed E-state index contributed by atoms with van der Waals surface area (Å²) in [7, 11) is 3.24. The summed E-state index contributed by atoms with van der Waals surface area (Å²) in [6.45, 7) is 2.56. The van der Waals surface area contributed by atoms with E-state index in [1.165, 1.54) is 14.7 Å². The Hall–Kier alpha value is -1.79. The molecule has 0 saturated carbocycles. The average Bonchev–Trinajstić information content (AvgIpc) is 2.83. The van der Waals surface area contributed by atoms with Crippen LogP contribution in [0.3, 0.4) is 0 Å². The zero-order valence-corrected chi connectivity index (χ0v) is 11.6. The second-order valence-electron chi connectivity index (χ2n) is 4.77. The van der Waals surface area contributed by atoms with Crippen molar-refractivity contribution < 1.29 is 19.5 Å². The summed E-state index contributed by atoms with van der Waals surface area (Å²) in [5.74, 6) is -1.16. The third-order valence-electron chi connectivity index (χ3n) is 3.26. The molecule has 0 spiro atoms. The number of carbonyl (C=O) groups excluding carboxylic acids is 2. The van der Waals surface area contributed by atoms with Gasteiger partial charge >= 0.3 is 12.0 Å². The Bertz CT molecular complexity index is 370. The molecule has 7 nitrogen and oxygen atoms in total. The molecule has 1 heterocycles. The van der Waals surface area contributed by atoms with Crippen molar-refractivity contribution in [3.8, 4) is 0 Å². The average molecular weight is 271 g/mol. The highest BCUT2D eigenvalue weighted by molar-refractivity contribution is 5.87. The van der Waals surface area contributed by atoms with Gasteiger partial charge in [0, 0.05) is 27.2 Å². The van der Waals surface area contributed by atoms with Crippen LogP contribution in [0, 0.1) is 0 Å². The number of carbonyl (C=O) groups is 3. The SMILES string of the molecule is CCN(CC(=O)N(C)C)C(=O)N1CCC[C@H]1C(=O)O. The van der Waals surface area contributed by atoms with E-state index >= 15 is 0 Å². The van der Waals surface area contributed by atoms with Crippen LogP contribution in [0.1, 0.15) is 19.8 Å². The Labute approximate surface area is 112 Å². The van der Waals surface area contributed by atoms with E-state index < -0.39 is 12.0 Å². The van der Waals surface area contributed by atoms with Crippen LogP contribution in [0.4, 0.5) is 4.79 Å². The summed E-state index contributed by atoms with van der Waals surface area (Å²) in [4.78, 5) is 39.1. The zero-order valence-electron chi connectivity index (χ0n) is 11.6. The number of nitrogens with zero attached hydrogens (tertiary/aromatic N) is 3. The molecule has 3 amide bonds. The van der Waals surface area contributed by atoms with E-state index in [4.69, 9.17) is 5.11 Å². The lowest BCUT2D eigenvalue weighted by Crippen LogP contribution is -2.50. The fourth-order valence-electron chi connectivity index (χ4n) is 2.05. The number of likely N-dealkylation sites (N-methyl/N-ethyl adjacent to an activating group) is 2. The van der Waals surface area contributed by atoms with Gasteiger partial charge in [-0.1, -0.05) is 0 Å². The molecule has 0 aliphatic carbocycles. The molecular weight excluding hydrogens is 250 g/mol. The predicted octanol–water partition coefficient (Wildman–Crippen LogP) is 0.0655. The minimum atomic E-state index is -0.985. The number of hydrogen-bond donors (Lipinski definition) is 1. The molecule has 1 atom stereocenters. The van der Waals surface area contributed by atoms with Crippen LogP contribution in [0.15, 0.2) is 0 Å². The van der Waals surface area contributed by atoms with Crippen molar-refractivity contribution in [3.05, 3.63) is 0 Å². The maximum absolute atomic E-state index is 12.3. The van der Waals surface area contributed by atoms with Gasteiger partial charge < -0.3 is 19.8 Å². The van der Waals surface area contributed by atoms with E-state index in [0.29, 0.717) is 25.9 Å². The number of rotatable bonds is 4. The molecule has 0 radical (unpaired) electrons. The lowest BCUT2D eigenvalue weighted by Gasteiger charge is -2.29. The first-order valence-electron chi connectivity index (χ1n) is 6.37. The van der Waals surface area contributed by atoms with Crippen molar-refractivity contribution in [3.63, 3.8) is 0 Å². The number of amides is 3.